The van der Waals surface area contributed by atoms with Gasteiger partial charge in [-0.3, -0.25) is 19.4 Å². The largest absolute Gasteiger partial charge is 0.478 e. The van der Waals surface area contributed by atoms with Gasteiger partial charge in [0.15, 0.2) is 0 Å². The molecular weight excluding hydrogens is 322 g/mol. The highest BCUT2D eigenvalue weighted by Gasteiger charge is 2.34. The number of hydrogen-bond donors (Lipinski definition) is 3. The van der Waals surface area contributed by atoms with Crippen LogP contribution >= 0.6 is 0 Å². The van der Waals surface area contributed by atoms with Crippen LogP contribution in [-0.4, -0.2) is 26.8 Å². The summed E-state index contributed by atoms with van der Waals surface area (Å²) in [5, 5.41) is 14.8. The first kappa shape index (κ1) is 15.7. The number of aromatic amines is 1. The number of carbonyl (C=O) groups excluding carboxylic acids is 1. The molecule has 130 valence electrons. The van der Waals surface area contributed by atoms with Crippen LogP contribution < -0.4 is 10.9 Å². The van der Waals surface area contributed by atoms with E-state index >= 15 is 0 Å². The summed E-state index contributed by atoms with van der Waals surface area (Å²) in [5.41, 5.74) is 1.33. The summed E-state index contributed by atoms with van der Waals surface area (Å²) in [7, 11) is 0. The molecule has 2 aromatic rings. The zero-order valence-electron chi connectivity index (χ0n) is 13.6. The lowest BCUT2D eigenvalue weighted by molar-refractivity contribution is -0.116. The van der Waals surface area contributed by atoms with Gasteiger partial charge < -0.3 is 10.4 Å². The molecule has 1 amide bonds. The molecule has 7 heteroatoms. The highest BCUT2D eigenvalue weighted by atomic mass is 16.4. The predicted octanol–water partition coefficient (Wildman–Crippen LogP) is 2.46. The number of anilines is 1. The van der Waals surface area contributed by atoms with Crippen LogP contribution in [-0.2, 0) is 4.79 Å². The first-order valence-corrected chi connectivity index (χ1v) is 8.52. The second-order valence-corrected chi connectivity index (χ2v) is 6.74. The van der Waals surface area contributed by atoms with Crippen molar-refractivity contribution in [3.8, 4) is 0 Å². The fourth-order valence-corrected chi connectivity index (χ4v) is 3.96. The highest BCUT2D eigenvalue weighted by Crippen LogP contribution is 2.38. The Balaban J connectivity index is 1.78. The van der Waals surface area contributed by atoms with E-state index in [2.05, 4.69) is 10.4 Å². The van der Waals surface area contributed by atoms with Gasteiger partial charge in [-0.2, -0.15) is 0 Å². The molecule has 0 spiro atoms. The van der Waals surface area contributed by atoms with Crippen LogP contribution in [0.4, 0.5) is 5.82 Å². The number of fused-ring (bicyclic) bond motifs is 1. The maximum atomic E-state index is 12.6. The molecule has 0 unspecified atom stereocenters. The summed E-state index contributed by atoms with van der Waals surface area (Å²) in [6, 6.07) is 6.59. The number of H-pyrrole nitrogens is 1. The molecule has 25 heavy (non-hydrogen) atoms. The summed E-state index contributed by atoms with van der Waals surface area (Å²) in [5.74, 6) is -0.928. The Bertz CT molecular complexity index is 888. The second-order valence-electron chi connectivity index (χ2n) is 6.74. The molecule has 1 fully saturated rings. The highest BCUT2D eigenvalue weighted by molar-refractivity contribution is 5.94. The Morgan fingerprint density at radius 2 is 1.80 bits per heavy atom. The normalized spacial score (nSPS) is 20.3. The average molecular weight is 341 g/mol. The lowest BCUT2D eigenvalue weighted by Crippen LogP contribution is -2.27. The van der Waals surface area contributed by atoms with E-state index in [1.54, 1.807) is 12.1 Å². The molecular formula is C18H19N3O4. The molecule has 4 rings (SSSR count). The first-order chi connectivity index (χ1) is 12.0. The van der Waals surface area contributed by atoms with Crippen LogP contribution in [0.25, 0.3) is 0 Å². The predicted molar refractivity (Wildman–Crippen MR) is 91.0 cm³/mol. The Morgan fingerprint density at radius 1 is 1.12 bits per heavy atom. The van der Waals surface area contributed by atoms with Crippen LogP contribution in [0.2, 0.25) is 0 Å². The van der Waals surface area contributed by atoms with Crippen molar-refractivity contribution in [2.75, 3.05) is 5.32 Å². The third kappa shape index (κ3) is 2.65. The molecule has 1 saturated carbocycles. The van der Waals surface area contributed by atoms with Gasteiger partial charge in [-0.15, -0.1) is 0 Å². The Morgan fingerprint density at radius 3 is 2.44 bits per heavy atom. The Kier molecular flexibility index (Phi) is 3.71. The maximum absolute atomic E-state index is 12.6. The lowest BCUT2D eigenvalue weighted by Gasteiger charge is -2.25. The number of rotatable bonds is 3. The summed E-state index contributed by atoms with van der Waals surface area (Å²) >= 11 is 0. The van der Waals surface area contributed by atoms with E-state index < -0.39 is 5.97 Å². The molecule has 1 aromatic carbocycles. The summed E-state index contributed by atoms with van der Waals surface area (Å²) in [6.45, 7) is 0. The molecule has 0 saturated heterocycles. The number of carboxylic acid groups (broad SMARTS) is 1. The molecule has 1 aromatic heterocycles. The fraction of sp³-hybridized carbons (Fsp3) is 0.389. The second kappa shape index (κ2) is 5.91. The third-order valence-electron chi connectivity index (χ3n) is 5.21. The van der Waals surface area contributed by atoms with E-state index in [-0.39, 0.29) is 35.4 Å². The van der Waals surface area contributed by atoms with Gasteiger partial charge in [0, 0.05) is 12.3 Å². The minimum Gasteiger partial charge on any atom is -0.478 e. The number of carbonyl (C=O) groups is 2. The van der Waals surface area contributed by atoms with Crippen molar-refractivity contribution in [1.29, 1.82) is 0 Å². The SMILES string of the molecule is O=C1C[C@@H](c2ccc(C(=O)O)cc2)c2c(n(C3CCCC3)[nH]c2=O)N1. The van der Waals surface area contributed by atoms with Gasteiger partial charge in [-0.25, -0.2) is 4.79 Å². The standard InChI is InChI=1S/C18H19N3O4/c22-14-9-13(10-5-7-11(8-6-10)18(24)25)15-16(19-14)21(20-17(15)23)12-3-1-2-4-12/h5-8,12-13H,1-4,9H2,(H,19,22)(H,20,23)(H,24,25)/t13-/m0/s1. The van der Waals surface area contributed by atoms with Gasteiger partial charge in [0.25, 0.3) is 5.56 Å². The molecule has 0 radical (unpaired) electrons. The molecule has 1 aliphatic carbocycles. The van der Waals surface area contributed by atoms with E-state index in [1.807, 2.05) is 4.68 Å². The maximum Gasteiger partial charge on any atom is 0.335 e. The summed E-state index contributed by atoms with van der Waals surface area (Å²) < 4.78 is 1.82. The van der Waals surface area contributed by atoms with Crippen molar-refractivity contribution < 1.29 is 14.7 Å². The summed E-state index contributed by atoms with van der Waals surface area (Å²) in [4.78, 5) is 35.8. The van der Waals surface area contributed by atoms with Gasteiger partial charge >= 0.3 is 5.97 Å². The number of nitrogens with one attached hydrogen (secondary N) is 2. The van der Waals surface area contributed by atoms with E-state index in [9.17, 15) is 14.4 Å². The van der Waals surface area contributed by atoms with Crippen molar-refractivity contribution in [1.82, 2.24) is 9.78 Å². The zero-order valence-corrected chi connectivity index (χ0v) is 13.6. The summed E-state index contributed by atoms with van der Waals surface area (Å²) in [6.07, 6.45) is 4.40. The van der Waals surface area contributed by atoms with Gasteiger partial charge in [0.2, 0.25) is 5.91 Å². The van der Waals surface area contributed by atoms with Gasteiger partial charge in [0.05, 0.1) is 17.2 Å². The number of carboxylic acids is 1. The van der Waals surface area contributed by atoms with Crippen molar-refractivity contribution in [3.05, 3.63) is 51.3 Å². The topological polar surface area (TPSA) is 104 Å². The average Bonchev–Trinajstić information content (AvgIpc) is 3.22. The van der Waals surface area contributed by atoms with Crippen molar-refractivity contribution >= 4 is 17.7 Å². The van der Waals surface area contributed by atoms with Crippen molar-refractivity contribution in [2.24, 2.45) is 0 Å². The van der Waals surface area contributed by atoms with Crippen LogP contribution in [0.15, 0.2) is 29.1 Å². The molecule has 2 aliphatic rings. The number of nitrogens with zero attached hydrogens (tertiary/aromatic N) is 1. The van der Waals surface area contributed by atoms with Gasteiger partial charge in [-0.1, -0.05) is 25.0 Å². The Labute approximate surface area is 143 Å². The molecule has 2 heterocycles. The first-order valence-electron chi connectivity index (χ1n) is 8.52. The Hall–Kier alpha value is -2.83. The molecule has 1 atom stereocenters. The molecule has 0 bridgehead atoms. The molecule has 7 nitrogen and oxygen atoms in total. The number of hydrogen-bond acceptors (Lipinski definition) is 3. The minimum atomic E-state index is -1.00. The smallest absolute Gasteiger partial charge is 0.335 e. The lowest BCUT2D eigenvalue weighted by atomic mass is 9.87. The van der Waals surface area contributed by atoms with Crippen LogP contribution in [0, 0.1) is 0 Å². The monoisotopic (exact) mass is 341 g/mol. The van der Waals surface area contributed by atoms with Gasteiger partial charge in [0.1, 0.15) is 5.82 Å². The van der Waals surface area contributed by atoms with E-state index in [1.165, 1.54) is 12.1 Å². The van der Waals surface area contributed by atoms with E-state index in [4.69, 9.17) is 5.11 Å². The number of benzene rings is 1. The van der Waals surface area contributed by atoms with E-state index in [0.29, 0.717) is 11.4 Å². The fourth-order valence-electron chi connectivity index (χ4n) is 3.96. The van der Waals surface area contributed by atoms with Crippen LogP contribution in [0.5, 0.6) is 0 Å². The van der Waals surface area contributed by atoms with Crippen molar-refractivity contribution in [2.45, 2.75) is 44.1 Å². The molecule has 1 aliphatic heterocycles. The third-order valence-corrected chi connectivity index (χ3v) is 5.21. The van der Waals surface area contributed by atoms with Crippen molar-refractivity contribution in [3.63, 3.8) is 0 Å². The van der Waals surface area contributed by atoms with Crippen LogP contribution in [0.1, 0.15) is 65.5 Å². The zero-order chi connectivity index (χ0) is 17.6. The van der Waals surface area contributed by atoms with Crippen LogP contribution in [0.3, 0.4) is 0 Å². The van der Waals surface area contributed by atoms with E-state index in [0.717, 1.165) is 31.2 Å². The molecule has 3 N–H and O–H groups in total. The number of aromatic carboxylic acids is 1. The number of amides is 1. The quantitative estimate of drug-likeness (QED) is 0.797. The van der Waals surface area contributed by atoms with Gasteiger partial charge in [-0.05, 0) is 30.5 Å². The number of aromatic nitrogens is 2. The minimum absolute atomic E-state index is 0.134.